The Balaban J connectivity index is 1.16. The number of hydrogen-bond donors (Lipinski definition) is 0. The van der Waals surface area contributed by atoms with Crippen molar-refractivity contribution < 1.29 is 4.42 Å². The van der Waals surface area contributed by atoms with Gasteiger partial charge in [0.1, 0.15) is 11.2 Å². The standard InChI is InChI=1S/C42H24N4O/c43-24-26-15-17-37-35(21-26)31-11-1-3-13-36(31)45(37)29-9-5-7-27(22-29)28-8-6-10-30(23-28)46-38-18-16-33-32-12-2-4-14-40(32)47-42(33)41(38)34-19-20-44-25-39(34)46/h1-23,25H. The van der Waals surface area contributed by atoms with Crippen LogP contribution in [-0.2, 0) is 0 Å². The number of rotatable bonds is 3. The molecule has 0 saturated heterocycles. The van der Waals surface area contributed by atoms with Crippen LogP contribution in [0.2, 0.25) is 0 Å². The van der Waals surface area contributed by atoms with Crippen molar-refractivity contribution in [3.8, 4) is 28.6 Å². The number of fused-ring (bicyclic) bond motifs is 10. The van der Waals surface area contributed by atoms with Crippen LogP contribution in [0.15, 0.2) is 150 Å². The molecule has 4 heterocycles. The van der Waals surface area contributed by atoms with Crippen molar-refractivity contribution in [1.29, 1.82) is 5.26 Å². The molecular weight excluding hydrogens is 576 g/mol. The van der Waals surface area contributed by atoms with Gasteiger partial charge in [-0.2, -0.15) is 5.26 Å². The van der Waals surface area contributed by atoms with E-state index >= 15 is 0 Å². The van der Waals surface area contributed by atoms with Gasteiger partial charge in [-0.1, -0.05) is 60.7 Å². The van der Waals surface area contributed by atoms with E-state index in [0.717, 1.165) is 88.1 Å². The second kappa shape index (κ2) is 9.68. The molecule has 6 aromatic carbocycles. The van der Waals surface area contributed by atoms with Crippen molar-refractivity contribution in [2.75, 3.05) is 0 Å². The molecular formula is C42H24N4O. The predicted molar refractivity (Wildman–Crippen MR) is 190 cm³/mol. The second-order valence-corrected chi connectivity index (χ2v) is 12.0. The minimum atomic E-state index is 0.660. The van der Waals surface area contributed by atoms with E-state index in [1.54, 1.807) is 0 Å². The van der Waals surface area contributed by atoms with Gasteiger partial charge >= 0.3 is 0 Å². The molecule has 10 aromatic rings. The van der Waals surface area contributed by atoms with Crippen molar-refractivity contribution >= 4 is 65.6 Å². The Morgan fingerprint density at radius 1 is 0.532 bits per heavy atom. The van der Waals surface area contributed by atoms with Crippen LogP contribution in [-0.4, -0.2) is 14.1 Å². The third-order valence-electron chi connectivity index (χ3n) is 9.42. The van der Waals surface area contributed by atoms with E-state index in [2.05, 4.69) is 129 Å². The first-order chi connectivity index (χ1) is 23.3. The van der Waals surface area contributed by atoms with E-state index in [-0.39, 0.29) is 0 Å². The fraction of sp³-hybridized carbons (Fsp3) is 0. The lowest BCUT2D eigenvalue weighted by molar-refractivity contribution is 0.673. The van der Waals surface area contributed by atoms with E-state index in [1.807, 2.05) is 36.7 Å². The molecule has 10 rings (SSSR count). The Hall–Kier alpha value is -6.64. The molecule has 0 atom stereocenters. The molecule has 0 spiro atoms. The molecule has 0 aliphatic carbocycles. The first-order valence-electron chi connectivity index (χ1n) is 15.6. The van der Waals surface area contributed by atoms with Gasteiger partial charge in [0.15, 0.2) is 0 Å². The van der Waals surface area contributed by atoms with E-state index in [4.69, 9.17) is 4.42 Å². The van der Waals surface area contributed by atoms with Crippen LogP contribution >= 0.6 is 0 Å². The number of pyridine rings is 1. The van der Waals surface area contributed by atoms with Gasteiger partial charge in [-0.05, 0) is 83.9 Å². The molecule has 5 heteroatoms. The minimum Gasteiger partial charge on any atom is -0.455 e. The third kappa shape index (κ3) is 3.67. The van der Waals surface area contributed by atoms with Gasteiger partial charge in [-0.3, -0.25) is 4.98 Å². The summed E-state index contributed by atoms with van der Waals surface area (Å²) in [6.45, 7) is 0. The number of nitriles is 1. The van der Waals surface area contributed by atoms with Gasteiger partial charge in [-0.15, -0.1) is 0 Å². The molecule has 0 radical (unpaired) electrons. The normalized spacial score (nSPS) is 11.8. The maximum absolute atomic E-state index is 9.57. The summed E-state index contributed by atoms with van der Waals surface area (Å²) < 4.78 is 11.1. The van der Waals surface area contributed by atoms with Crippen LogP contribution in [0.25, 0.3) is 88.1 Å². The highest BCUT2D eigenvalue weighted by atomic mass is 16.3. The zero-order valence-corrected chi connectivity index (χ0v) is 25.1. The highest BCUT2D eigenvalue weighted by molar-refractivity contribution is 6.23. The lowest BCUT2D eigenvalue weighted by Gasteiger charge is -2.12. The summed E-state index contributed by atoms with van der Waals surface area (Å²) >= 11 is 0. The smallest absolute Gasteiger partial charge is 0.145 e. The number of benzene rings is 6. The number of furan rings is 1. The molecule has 0 aliphatic rings. The summed E-state index contributed by atoms with van der Waals surface area (Å²) in [7, 11) is 0. The zero-order valence-electron chi connectivity index (χ0n) is 25.1. The van der Waals surface area contributed by atoms with Crippen molar-refractivity contribution in [3.05, 3.63) is 151 Å². The predicted octanol–water partition coefficient (Wildman–Crippen LogP) is 10.7. The van der Waals surface area contributed by atoms with Gasteiger partial charge < -0.3 is 13.6 Å². The lowest BCUT2D eigenvalue weighted by Crippen LogP contribution is -1.96. The second-order valence-electron chi connectivity index (χ2n) is 12.0. The highest BCUT2D eigenvalue weighted by Gasteiger charge is 2.19. The van der Waals surface area contributed by atoms with Gasteiger partial charge in [0, 0.05) is 44.5 Å². The number of hydrogen-bond acceptors (Lipinski definition) is 3. The molecule has 0 N–H and O–H groups in total. The Kier molecular flexibility index (Phi) is 5.28. The van der Waals surface area contributed by atoms with E-state index in [9.17, 15) is 5.26 Å². The minimum absolute atomic E-state index is 0.660. The Bertz CT molecular complexity index is 2930. The largest absolute Gasteiger partial charge is 0.455 e. The lowest BCUT2D eigenvalue weighted by atomic mass is 10.0. The molecule has 0 fully saturated rings. The molecule has 0 amide bonds. The average molecular weight is 601 g/mol. The van der Waals surface area contributed by atoms with Gasteiger partial charge in [0.05, 0.1) is 45.3 Å². The van der Waals surface area contributed by atoms with Crippen LogP contribution < -0.4 is 0 Å². The molecule has 218 valence electrons. The molecule has 4 aromatic heterocycles. The molecule has 0 unspecified atom stereocenters. The number of nitrogens with zero attached hydrogens (tertiary/aromatic N) is 4. The van der Waals surface area contributed by atoms with Gasteiger partial charge in [0.2, 0.25) is 0 Å². The van der Waals surface area contributed by atoms with Crippen LogP contribution in [0.5, 0.6) is 0 Å². The summed E-state index contributed by atoms with van der Waals surface area (Å²) in [6, 6.07) is 48.7. The van der Waals surface area contributed by atoms with Crippen LogP contribution in [0.1, 0.15) is 5.56 Å². The van der Waals surface area contributed by atoms with Crippen molar-refractivity contribution in [2.24, 2.45) is 0 Å². The fourth-order valence-electron chi connectivity index (χ4n) is 7.38. The summed E-state index contributed by atoms with van der Waals surface area (Å²) in [4.78, 5) is 4.53. The molecule has 47 heavy (non-hydrogen) atoms. The molecule has 5 nitrogen and oxygen atoms in total. The van der Waals surface area contributed by atoms with Gasteiger partial charge in [-0.25, -0.2) is 0 Å². The zero-order chi connectivity index (χ0) is 31.1. The van der Waals surface area contributed by atoms with Crippen molar-refractivity contribution in [3.63, 3.8) is 0 Å². The Morgan fingerprint density at radius 3 is 2.04 bits per heavy atom. The van der Waals surface area contributed by atoms with Crippen LogP contribution in [0.4, 0.5) is 0 Å². The first kappa shape index (κ1) is 25.7. The summed E-state index contributed by atoms with van der Waals surface area (Å²) in [5.74, 6) is 0. The van der Waals surface area contributed by atoms with Gasteiger partial charge in [0.25, 0.3) is 0 Å². The Morgan fingerprint density at radius 2 is 1.23 bits per heavy atom. The third-order valence-corrected chi connectivity index (χ3v) is 9.42. The van der Waals surface area contributed by atoms with Crippen LogP contribution in [0, 0.1) is 11.3 Å². The summed E-state index contributed by atoms with van der Waals surface area (Å²) in [5.41, 5.74) is 11.1. The SMILES string of the molecule is N#Cc1ccc2c(c1)c1ccccc1n2-c1cccc(-c2cccc(-n3c4cnccc4c4c5oc6ccccc6c5ccc43)c2)c1. The maximum Gasteiger partial charge on any atom is 0.145 e. The topological polar surface area (TPSA) is 59.7 Å². The maximum atomic E-state index is 9.57. The van der Waals surface area contributed by atoms with Crippen LogP contribution in [0.3, 0.4) is 0 Å². The molecule has 0 aliphatic heterocycles. The number of aromatic nitrogens is 3. The molecule has 0 bridgehead atoms. The van der Waals surface area contributed by atoms with Crippen molar-refractivity contribution in [1.82, 2.24) is 14.1 Å². The van der Waals surface area contributed by atoms with E-state index in [1.165, 1.54) is 0 Å². The monoisotopic (exact) mass is 600 g/mol. The fourth-order valence-corrected chi connectivity index (χ4v) is 7.38. The quantitative estimate of drug-likeness (QED) is 0.203. The van der Waals surface area contributed by atoms with E-state index < -0.39 is 0 Å². The van der Waals surface area contributed by atoms with E-state index in [0.29, 0.717) is 5.56 Å². The number of para-hydroxylation sites is 2. The molecule has 0 saturated carbocycles. The van der Waals surface area contributed by atoms with Crippen molar-refractivity contribution in [2.45, 2.75) is 0 Å². The average Bonchev–Trinajstić information content (AvgIpc) is 3.79. The highest BCUT2D eigenvalue weighted by Crippen LogP contribution is 2.41. The summed E-state index contributed by atoms with van der Waals surface area (Å²) in [5, 5.41) is 16.2. The Labute approximate surface area is 268 Å². The first-order valence-corrected chi connectivity index (χ1v) is 15.6. The summed E-state index contributed by atoms with van der Waals surface area (Å²) in [6.07, 6.45) is 3.79.